The highest BCUT2D eigenvalue weighted by Gasteiger charge is 2.01. The molecule has 2 aromatic rings. The first-order valence-corrected chi connectivity index (χ1v) is 5.45. The fraction of sp³-hybridized carbons (Fsp3) is 0.182. The Balaban J connectivity index is 2.14. The molecule has 0 aliphatic rings. The van der Waals surface area contributed by atoms with Gasteiger partial charge in [-0.2, -0.15) is 0 Å². The Bertz CT molecular complexity index is 453. The van der Waals surface area contributed by atoms with Crippen LogP contribution in [0.25, 0.3) is 0 Å². The first-order chi connectivity index (χ1) is 7.28. The molecule has 0 atom stereocenters. The lowest BCUT2D eigenvalue weighted by Crippen LogP contribution is -1.91. The van der Waals surface area contributed by atoms with Crippen LogP contribution in [0.15, 0.2) is 34.9 Å². The Hall–Kier alpha value is -1.13. The third-order valence-electron chi connectivity index (χ3n) is 2.11. The van der Waals surface area contributed by atoms with Crippen molar-refractivity contribution >= 4 is 15.9 Å². The van der Waals surface area contributed by atoms with Crippen LogP contribution in [0, 0.1) is 0 Å². The monoisotopic (exact) mass is 266 g/mol. The van der Waals surface area contributed by atoms with Crippen molar-refractivity contribution in [3.05, 3.63) is 52.0 Å². The number of hydrogen-bond donors (Lipinski definition) is 2. The Kier molecular flexibility index (Phi) is 3.18. The van der Waals surface area contributed by atoms with E-state index in [1.165, 1.54) is 5.56 Å². The number of nitrogens with one attached hydrogen (secondary N) is 1. The van der Waals surface area contributed by atoms with Gasteiger partial charge in [-0.15, -0.1) is 0 Å². The Labute approximate surface area is 96.3 Å². The van der Waals surface area contributed by atoms with Gasteiger partial charge in [0, 0.05) is 10.9 Å². The summed E-state index contributed by atoms with van der Waals surface area (Å²) in [4.78, 5) is 7.24. The molecule has 0 spiro atoms. The zero-order valence-corrected chi connectivity index (χ0v) is 9.66. The van der Waals surface area contributed by atoms with E-state index in [1.54, 1.807) is 6.20 Å². The molecule has 2 N–H and O–H groups in total. The number of aromatic amines is 1. The average molecular weight is 267 g/mol. The maximum atomic E-state index is 8.88. The smallest absolute Gasteiger partial charge is 0.110 e. The molecule has 0 saturated carbocycles. The minimum absolute atomic E-state index is 0.00544. The zero-order valence-electron chi connectivity index (χ0n) is 8.07. The lowest BCUT2D eigenvalue weighted by molar-refractivity contribution is 0.277. The van der Waals surface area contributed by atoms with E-state index in [2.05, 4.69) is 32.0 Å². The van der Waals surface area contributed by atoms with Crippen LogP contribution in [0.4, 0.5) is 0 Å². The molecule has 0 unspecified atom stereocenters. The van der Waals surface area contributed by atoms with E-state index >= 15 is 0 Å². The van der Waals surface area contributed by atoms with Gasteiger partial charge in [0.1, 0.15) is 5.82 Å². The van der Waals surface area contributed by atoms with Crippen LogP contribution >= 0.6 is 15.9 Å². The molecule has 2 rings (SSSR count). The predicted molar refractivity (Wildman–Crippen MR) is 61.5 cm³/mol. The number of H-pyrrole nitrogens is 1. The second kappa shape index (κ2) is 4.59. The second-order valence-electron chi connectivity index (χ2n) is 3.32. The number of imidazole rings is 1. The quantitative estimate of drug-likeness (QED) is 0.896. The largest absolute Gasteiger partial charge is 0.390 e. The highest BCUT2D eigenvalue weighted by Crippen LogP contribution is 2.14. The summed E-state index contributed by atoms with van der Waals surface area (Å²) in [6.45, 7) is 0.00544. The van der Waals surface area contributed by atoms with Crippen molar-refractivity contribution in [3.63, 3.8) is 0 Å². The van der Waals surface area contributed by atoms with Crippen LogP contribution in [-0.2, 0) is 13.0 Å². The number of hydrogen-bond acceptors (Lipinski definition) is 2. The fourth-order valence-corrected chi connectivity index (χ4v) is 1.86. The van der Waals surface area contributed by atoms with E-state index in [4.69, 9.17) is 5.11 Å². The number of aliphatic hydroxyl groups is 1. The molecule has 1 heterocycles. The topological polar surface area (TPSA) is 48.9 Å². The van der Waals surface area contributed by atoms with Gasteiger partial charge in [0.2, 0.25) is 0 Å². The minimum atomic E-state index is 0.00544. The molecule has 0 bridgehead atoms. The standard InChI is InChI=1S/C11H11BrN2O/c12-9-3-1-2-8(4-9)5-11-13-6-10(7-15)14-11/h1-4,6,15H,5,7H2,(H,13,14). The van der Waals surface area contributed by atoms with Crippen LogP contribution in [0.1, 0.15) is 17.1 Å². The SMILES string of the molecule is OCc1cnc(Cc2cccc(Br)c2)[nH]1. The molecule has 0 radical (unpaired) electrons. The van der Waals surface area contributed by atoms with E-state index in [0.717, 1.165) is 22.4 Å². The van der Waals surface area contributed by atoms with Gasteiger partial charge in [-0.3, -0.25) is 0 Å². The molecule has 0 saturated heterocycles. The van der Waals surface area contributed by atoms with Crippen LogP contribution in [0.5, 0.6) is 0 Å². The lowest BCUT2D eigenvalue weighted by Gasteiger charge is -1.98. The molecule has 0 aliphatic carbocycles. The Morgan fingerprint density at radius 2 is 2.27 bits per heavy atom. The maximum Gasteiger partial charge on any atom is 0.110 e. The van der Waals surface area contributed by atoms with E-state index < -0.39 is 0 Å². The summed E-state index contributed by atoms with van der Waals surface area (Å²) in [6, 6.07) is 8.09. The zero-order chi connectivity index (χ0) is 10.7. The Morgan fingerprint density at radius 3 is 2.93 bits per heavy atom. The van der Waals surface area contributed by atoms with E-state index in [1.807, 2.05) is 18.2 Å². The van der Waals surface area contributed by atoms with E-state index in [0.29, 0.717) is 0 Å². The summed E-state index contributed by atoms with van der Waals surface area (Å²) in [5.41, 5.74) is 1.93. The minimum Gasteiger partial charge on any atom is -0.390 e. The van der Waals surface area contributed by atoms with E-state index in [9.17, 15) is 0 Å². The van der Waals surface area contributed by atoms with Crippen molar-refractivity contribution < 1.29 is 5.11 Å². The number of nitrogens with zero attached hydrogens (tertiary/aromatic N) is 1. The summed E-state index contributed by atoms with van der Waals surface area (Å²) in [5, 5.41) is 8.88. The molecular formula is C11H11BrN2O. The number of benzene rings is 1. The van der Waals surface area contributed by atoms with Crippen molar-refractivity contribution in [2.75, 3.05) is 0 Å². The number of halogens is 1. The van der Waals surface area contributed by atoms with Gasteiger partial charge in [-0.25, -0.2) is 4.98 Å². The molecular weight excluding hydrogens is 256 g/mol. The van der Waals surface area contributed by atoms with Crippen LogP contribution in [-0.4, -0.2) is 15.1 Å². The average Bonchev–Trinajstić information content (AvgIpc) is 2.65. The highest BCUT2D eigenvalue weighted by molar-refractivity contribution is 9.10. The van der Waals surface area contributed by atoms with Gasteiger partial charge in [-0.1, -0.05) is 28.1 Å². The third-order valence-corrected chi connectivity index (χ3v) is 2.61. The molecule has 0 aliphatic heterocycles. The van der Waals surface area contributed by atoms with E-state index in [-0.39, 0.29) is 6.61 Å². The molecule has 4 heteroatoms. The normalized spacial score (nSPS) is 10.5. The van der Waals surface area contributed by atoms with Crippen molar-refractivity contribution in [2.24, 2.45) is 0 Å². The van der Waals surface area contributed by atoms with Crippen molar-refractivity contribution in [1.29, 1.82) is 0 Å². The summed E-state index contributed by atoms with van der Waals surface area (Å²) in [5.74, 6) is 0.872. The van der Waals surface area contributed by atoms with Crippen molar-refractivity contribution in [3.8, 4) is 0 Å². The highest BCUT2D eigenvalue weighted by atomic mass is 79.9. The van der Waals surface area contributed by atoms with Crippen LogP contribution < -0.4 is 0 Å². The first kappa shape index (κ1) is 10.4. The van der Waals surface area contributed by atoms with Gasteiger partial charge in [-0.05, 0) is 17.7 Å². The molecule has 0 amide bonds. The third kappa shape index (κ3) is 2.67. The molecule has 1 aromatic heterocycles. The second-order valence-corrected chi connectivity index (χ2v) is 4.24. The Morgan fingerprint density at radius 1 is 1.40 bits per heavy atom. The molecule has 0 fully saturated rings. The first-order valence-electron chi connectivity index (χ1n) is 4.66. The lowest BCUT2D eigenvalue weighted by atomic mass is 10.1. The predicted octanol–water partition coefficient (Wildman–Crippen LogP) is 2.26. The number of rotatable bonds is 3. The molecule has 3 nitrogen and oxygen atoms in total. The molecule has 78 valence electrons. The van der Waals surface area contributed by atoms with Crippen LogP contribution in [0.3, 0.4) is 0 Å². The summed E-state index contributed by atoms with van der Waals surface area (Å²) in [6.07, 6.45) is 2.41. The van der Waals surface area contributed by atoms with Crippen molar-refractivity contribution in [1.82, 2.24) is 9.97 Å². The summed E-state index contributed by atoms with van der Waals surface area (Å²) in [7, 11) is 0. The van der Waals surface area contributed by atoms with Crippen molar-refractivity contribution in [2.45, 2.75) is 13.0 Å². The van der Waals surface area contributed by atoms with Gasteiger partial charge in [0.25, 0.3) is 0 Å². The maximum absolute atomic E-state index is 8.88. The van der Waals surface area contributed by atoms with Gasteiger partial charge in [0.15, 0.2) is 0 Å². The van der Waals surface area contributed by atoms with Gasteiger partial charge < -0.3 is 10.1 Å². The molecule has 1 aromatic carbocycles. The molecule has 15 heavy (non-hydrogen) atoms. The summed E-state index contributed by atoms with van der Waals surface area (Å²) >= 11 is 3.42. The summed E-state index contributed by atoms with van der Waals surface area (Å²) < 4.78 is 1.06. The van der Waals surface area contributed by atoms with Crippen LogP contribution in [0.2, 0.25) is 0 Å². The number of aromatic nitrogens is 2. The number of aliphatic hydroxyl groups excluding tert-OH is 1. The van der Waals surface area contributed by atoms with Gasteiger partial charge in [0.05, 0.1) is 18.5 Å². The van der Waals surface area contributed by atoms with Gasteiger partial charge >= 0.3 is 0 Å². The fourth-order valence-electron chi connectivity index (χ4n) is 1.42.